The van der Waals surface area contributed by atoms with Crippen LogP contribution in [0.2, 0.25) is 0 Å². The second-order valence-corrected chi connectivity index (χ2v) is 9.07. The van der Waals surface area contributed by atoms with E-state index in [0.29, 0.717) is 44.1 Å². The highest BCUT2D eigenvalue weighted by molar-refractivity contribution is 7.89. The molecule has 2 aliphatic rings. The Labute approximate surface area is 183 Å². The maximum absolute atomic E-state index is 13.0. The lowest BCUT2D eigenvalue weighted by Crippen LogP contribution is -2.58. The fourth-order valence-corrected chi connectivity index (χ4v) is 5.06. The van der Waals surface area contributed by atoms with Crippen LogP contribution < -0.4 is 19.7 Å². The van der Waals surface area contributed by atoms with E-state index in [1.165, 1.54) is 4.90 Å². The van der Waals surface area contributed by atoms with Gasteiger partial charge >= 0.3 is 6.18 Å². The number of halogens is 3. The topological polar surface area (TPSA) is 91.0 Å². The lowest BCUT2D eigenvalue weighted by molar-refractivity contribution is -0.137. The van der Waals surface area contributed by atoms with Crippen LogP contribution >= 0.6 is 0 Å². The van der Waals surface area contributed by atoms with Gasteiger partial charge in [0.2, 0.25) is 10.0 Å². The Morgan fingerprint density at radius 1 is 1.09 bits per heavy atom. The van der Waals surface area contributed by atoms with E-state index >= 15 is 0 Å². The first kappa shape index (κ1) is 22.2. The summed E-state index contributed by atoms with van der Waals surface area (Å²) in [7, 11) is -2.58. The Bertz CT molecular complexity index is 1130. The number of ether oxygens (including phenoxy) is 1. The summed E-state index contributed by atoms with van der Waals surface area (Å²) in [6.07, 6.45) is -6.03. The minimum atomic E-state index is -4.64. The fourth-order valence-electron chi connectivity index (χ4n) is 3.81. The number of alkyl halides is 3. The third kappa shape index (κ3) is 4.19. The minimum absolute atomic E-state index is 0.260. The zero-order valence-electron chi connectivity index (χ0n) is 17.0. The van der Waals surface area contributed by atoms with Crippen molar-refractivity contribution in [1.82, 2.24) is 9.62 Å². The average molecular weight is 470 g/mol. The highest BCUT2D eigenvalue weighted by Gasteiger charge is 2.38. The number of nitrogens with one attached hydrogen (secondary N) is 2. The van der Waals surface area contributed by atoms with Gasteiger partial charge in [0, 0.05) is 26.2 Å². The van der Waals surface area contributed by atoms with Crippen LogP contribution in [0.4, 0.5) is 24.5 Å². The first-order chi connectivity index (χ1) is 15.1. The van der Waals surface area contributed by atoms with E-state index in [-0.39, 0.29) is 10.6 Å². The minimum Gasteiger partial charge on any atom is -0.495 e. The number of nitrogens with zero attached hydrogens (tertiary/aromatic N) is 2. The maximum atomic E-state index is 13.0. The summed E-state index contributed by atoms with van der Waals surface area (Å²) in [4.78, 5) is 16.2. The van der Waals surface area contributed by atoms with Crippen molar-refractivity contribution in [2.45, 2.75) is 17.2 Å². The molecule has 1 atom stereocenters. The molecule has 0 aromatic heterocycles. The van der Waals surface area contributed by atoms with Gasteiger partial charge in [0.05, 0.1) is 24.0 Å². The van der Waals surface area contributed by atoms with Gasteiger partial charge in [-0.25, -0.2) is 8.42 Å². The van der Waals surface area contributed by atoms with Crippen molar-refractivity contribution < 1.29 is 31.1 Å². The molecule has 1 fully saturated rings. The number of amides is 1. The van der Waals surface area contributed by atoms with E-state index in [1.54, 1.807) is 7.11 Å². The van der Waals surface area contributed by atoms with E-state index < -0.39 is 33.8 Å². The number of para-hydroxylation sites is 2. The third-order valence-electron chi connectivity index (χ3n) is 5.43. The SMILES string of the molecule is COc1ccccc1N1CCN(C(=O)C2Nc3cc(C(F)(F)F)ccc3S(=O)(=O)N2)CC1. The molecule has 2 heterocycles. The molecule has 2 aromatic rings. The monoisotopic (exact) mass is 470 g/mol. The molecule has 32 heavy (non-hydrogen) atoms. The van der Waals surface area contributed by atoms with Gasteiger partial charge in [0.1, 0.15) is 10.6 Å². The molecule has 0 aliphatic carbocycles. The normalized spacial score (nSPS) is 20.3. The second kappa shape index (κ2) is 8.17. The number of anilines is 2. The van der Waals surface area contributed by atoms with Crippen molar-refractivity contribution in [3.8, 4) is 5.75 Å². The summed E-state index contributed by atoms with van der Waals surface area (Å²) in [6, 6.07) is 9.74. The molecule has 4 rings (SSSR count). The summed E-state index contributed by atoms with van der Waals surface area (Å²) in [5, 5.41) is 2.61. The van der Waals surface area contributed by atoms with Crippen molar-refractivity contribution in [3.63, 3.8) is 0 Å². The van der Waals surface area contributed by atoms with Crippen LogP contribution in [0, 0.1) is 0 Å². The van der Waals surface area contributed by atoms with Gasteiger partial charge in [-0.05, 0) is 30.3 Å². The zero-order chi connectivity index (χ0) is 23.1. The number of methoxy groups -OCH3 is 1. The molecule has 2 N–H and O–H groups in total. The smallest absolute Gasteiger partial charge is 0.416 e. The standard InChI is InChI=1S/C20H21F3N4O4S/c1-31-16-5-3-2-4-15(16)26-8-10-27(11-9-26)19(28)18-24-14-12-13(20(21,22)23)6-7-17(14)32(29,30)25-18/h2-7,12,18,24-25H,8-11H2,1H3. The van der Waals surface area contributed by atoms with E-state index in [1.807, 2.05) is 29.2 Å². The number of rotatable bonds is 3. The Balaban J connectivity index is 1.49. The van der Waals surface area contributed by atoms with Crippen molar-refractivity contribution in [1.29, 1.82) is 0 Å². The molecule has 0 spiro atoms. The quantitative estimate of drug-likeness (QED) is 0.714. The molecule has 1 saturated heterocycles. The predicted octanol–water partition coefficient (Wildman–Crippen LogP) is 2.09. The number of piperazine rings is 1. The van der Waals surface area contributed by atoms with Crippen molar-refractivity contribution in [2.75, 3.05) is 43.5 Å². The first-order valence-corrected chi connectivity index (χ1v) is 11.3. The number of hydrogen-bond donors (Lipinski definition) is 2. The molecule has 1 amide bonds. The van der Waals surface area contributed by atoms with Gasteiger partial charge in [0.25, 0.3) is 5.91 Å². The van der Waals surface area contributed by atoms with Gasteiger partial charge in [-0.3, -0.25) is 4.79 Å². The Morgan fingerprint density at radius 2 is 1.78 bits per heavy atom. The van der Waals surface area contributed by atoms with Crippen LogP contribution in [0.5, 0.6) is 5.75 Å². The number of benzene rings is 2. The number of carbonyl (C=O) groups excluding carboxylic acids is 1. The summed E-state index contributed by atoms with van der Waals surface area (Å²) < 4.78 is 71.8. The van der Waals surface area contributed by atoms with Crippen molar-refractivity contribution in [3.05, 3.63) is 48.0 Å². The molecule has 0 bridgehead atoms. The molecule has 0 radical (unpaired) electrons. The van der Waals surface area contributed by atoms with Crippen LogP contribution in [0.25, 0.3) is 0 Å². The molecule has 12 heteroatoms. The first-order valence-electron chi connectivity index (χ1n) is 9.77. The molecular weight excluding hydrogens is 449 g/mol. The van der Waals surface area contributed by atoms with E-state index in [9.17, 15) is 26.4 Å². The van der Waals surface area contributed by atoms with E-state index in [2.05, 4.69) is 10.0 Å². The van der Waals surface area contributed by atoms with Crippen LogP contribution in [0.15, 0.2) is 47.4 Å². The van der Waals surface area contributed by atoms with Gasteiger partial charge < -0.3 is 19.9 Å². The molecule has 2 aliphatic heterocycles. The van der Waals surface area contributed by atoms with E-state index in [0.717, 1.165) is 11.8 Å². The molecule has 172 valence electrons. The third-order valence-corrected chi connectivity index (χ3v) is 6.91. The van der Waals surface area contributed by atoms with Crippen LogP contribution in [-0.4, -0.2) is 58.7 Å². The maximum Gasteiger partial charge on any atom is 0.416 e. The highest BCUT2D eigenvalue weighted by Crippen LogP contribution is 2.35. The summed E-state index contributed by atoms with van der Waals surface area (Å²) in [6.45, 7) is 1.60. The molecule has 8 nitrogen and oxygen atoms in total. The molecule has 0 saturated carbocycles. The molecule has 1 unspecified atom stereocenters. The van der Waals surface area contributed by atoms with Gasteiger partial charge in [-0.15, -0.1) is 0 Å². The number of hydrogen-bond acceptors (Lipinski definition) is 6. The second-order valence-electron chi connectivity index (χ2n) is 7.39. The summed E-state index contributed by atoms with van der Waals surface area (Å²) >= 11 is 0. The average Bonchev–Trinajstić information content (AvgIpc) is 2.77. The van der Waals surface area contributed by atoms with E-state index in [4.69, 9.17) is 4.74 Å². The van der Waals surface area contributed by atoms with Crippen LogP contribution in [0.1, 0.15) is 5.56 Å². The summed E-state index contributed by atoms with van der Waals surface area (Å²) in [5.41, 5.74) is -0.380. The van der Waals surface area contributed by atoms with Gasteiger partial charge in [-0.1, -0.05) is 12.1 Å². The largest absolute Gasteiger partial charge is 0.495 e. The Morgan fingerprint density at radius 3 is 2.44 bits per heavy atom. The van der Waals surface area contributed by atoms with Gasteiger partial charge in [-0.2, -0.15) is 17.9 Å². The number of fused-ring (bicyclic) bond motifs is 1. The number of carbonyl (C=O) groups is 1. The van der Waals surface area contributed by atoms with Crippen LogP contribution in [-0.2, 0) is 21.0 Å². The number of sulfonamides is 1. The van der Waals surface area contributed by atoms with Gasteiger partial charge in [0.15, 0.2) is 6.17 Å². The van der Waals surface area contributed by atoms with Crippen molar-refractivity contribution in [2.24, 2.45) is 0 Å². The fraction of sp³-hybridized carbons (Fsp3) is 0.350. The summed E-state index contributed by atoms with van der Waals surface area (Å²) in [5.74, 6) is 0.141. The Kier molecular flexibility index (Phi) is 5.67. The molecule has 2 aromatic carbocycles. The lowest BCUT2D eigenvalue weighted by atomic mass is 10.2. The zero-order valence-corrected chi connectivity index (χ0v) is 17.8. The van der Waals surface area contributed by atoms with Crippen LogP contribution in [0.3, 0.4) is 0 Å². The van der Waals surface area contributed by atoms with Crippen molar-refractivity contribution >= 4 is 27.3 Å². The predicted molar refractivity (Wildman–Crippen MR) is 111 cm³/mol. The highest BCUT2D eigenvalue weighted by atomic mass is 32.2. The molecular formula is C20H21F3N4O4S. The Hall–Kier alpha value is -2.99. The lowest BCUT2D eigenvalue weighted by Gasteiger charge is -2.39.